The summed E-state index contributed by atoms with van der Waals surface area (Å²) < 4.78 is 14.1. The molecule has 2 rings (SSSR count). The van der Waals surface area contributed by atoms with Gasteiger partial charge in [0, 0.05) is 16.9 Å². The van der Waals surface area contributed by atoms with E-state index in [4.69, 9.17) is 0 Å². The van der Waals surface area contributed by atoms with Gasteiger partial charge in [0.25, 0.3) is 0 Å². The van der Waals surface area contributed by atoms with Gasteiger partial charge in [0.15, 0.2) is 0 Å². The lowest BCUT2D eigenvalue weighted by atomic mass is 10.1. The third-order valence-electron chi connectivity index (χ3n) is 2.66. The second kappa shape index (κ2) is 6.11. The number of halogens is 2. The number of hydrogen-bond donors (Lipinski definition) is 2. The predicted molar refractivity (Wildman–Crippen MR) is 72.8 cm³/mol. The average molecular weight is 312 g/mol. The van der Waals surface area contributed by atoms with E-state index in [9.17, 15) is 4.39 Å². The molecular weight excluding hydrogens is 297 g/mol. The minimum Gasteiger partial charge on any atom is -0.347 e. The fourth-order valence-electron chi connectivity index (χ4n) is 1.94. The van der Waals surface area contributed by atoms with Gasteiger partial charge in [-0.05, 0) is 36.7 Å². The molecule has 1 aromatic heterocycles. The van der Waals surface area contributed by atoms with Crippen LogP contribution in [0.4, 0.5) is 4.39 Å². The van der Waals surface area contributed by atoms with Crippen LogP contribution in [0.25, 0.3) is 0 Å². The van der Waals surface area contributed by atoms with Crippen molar-refractivity contribution >= 4 is 15.9 Å². The lowest BCUT2D eigenvalue weighted by molar-refractivity contribution is 0.524. The molecule has 0 fully saturated rings. The summed E-state index contributed by atoms with van der Waals surface area (Å²) in [7, 11) is 0. The molecule has 96 valence electrons. The molecule has 1 aromatic carbocycles. The van der Waals surface area contributed by atoms with E-state index < -0.39 is 0 Å². The maximum absolute atomic E-state index is 13.3. The smallest absolute Gasteiger partial charge is 0.124 e. The first-order valence-electron chi connectivity index (χ1n) is 5.86. The maximum atomic E-state index is 13.3. The van der Waals surface area contributed by atoms with Gasteiger partial charge in [-0.1, -0.05) is 22.9 Å². The zero-order valence-corrected chi connectivity index (χ0v) is 11.7. The Kier molecular flexibility index (Phi) is 4.49. The second-order valence-electron chi connectivity index (χ2n) is 4.07. The van der Waals surface area contributed by atoms with Crippen LogP contribution in [0, 0.1) is 5.82 Å². The second-order valence-corrected chi connectivity index (χ2v) is 4.98. The molecule has 0 aliphatic carbocycles. The normalized spacial score (nSPS) is 12.6. The van der Waals surface area contributed by atoms with Gasteiger partial charge in [0.05, 0.1) is 6.04 Å². The summed E-state index contributed by atoms with van der Waals surface area (Å²) in [5.74, 6) is 0.645. The van der Waals surface area contributed by atoms with E-state index in [0.29, 0.717) is 6.42 Å². The van der Waals surface area contributed by atoms with Crippen molar-refractivity contribution in [2.75, 3.05) is 6.54 Å². The Morgan fingerprint density at radius 2 is 2.28 bits per heavy atom. The van der Waals surface area contributed by atoms with Crippen LogP contribution < -0.4 is 5.32 Å². The first-order chi connectivity index (χ1) is 8.69. The summed E-state index contributed by atoms with van der Waals surface area (Å²) in [5.41, 5.74) is 0.934. The van der Waals surface area contributed by atoms with E-state index in [0.717, 1.165) is 22.4 Å². The largest absolute Gasteiger partial charge is 0.347 e. The molecule has 5 heteroatoms. The number of aromatic nitrogens is 2. The molecule has 2 aromatic rings. The SMILES string of the molecule is CCNC(Cc1cc(F)cc(Br)c1)c1ncc[nH]1. The predicted octanol–water partition coefficient (Wildman–Crippen LogP) is 3.20. The first-order valence-corrected chi connectivity index (χ1v) is 6.66. The van der Waals surface area contributed by atoms with E-state index in [1.165, 1.54) is 6.07 Å². The molecule has 0 radical (unpaired) electrons. The Bertz CT molecular complexity index is 479. The average Bonchev–Trinajstić information content (AvgIpc) is 2.80. The van der Waals surface area contributed by atoms with Crippen LogP contribution in [-0.2, 0) is 6.42 Å². The summed E-state index contributed by atoms with van der Waals surface area (Å²) in [5, 5.41) is 3.34. The number of rotatable bonds is 5. The molecular formula is C13H15BrFN3. The maximum Gasteiger partial charge on any atom is 0.124 e. The molecule has 0 aliphatic heterocycles. The summed E-state index contributed by atoms with van der Waals surface area (Å²) in [4.78, 5) is 7.35. The van der Waals surface area contributed by atoms with Gasteiger partial charge in [-0.25, -0.2) is 9.37 Å². The Hall–Kier alpha value is -1.20. The summed E-state index contributed by atoms with van der Waals surface area (Å²) in [6.07, 6.45) is 4.21. The minimum atomic E-state index is -0.228. The Balaban J connectivity index is 2.18. The van der Waals surface area contributed by atoms with Crippen LogP contribution in [0.15, 0.2) is 35.1 Å². The van der Waals surface area contributed by atoms with Crippen LogP contribution in [0.5, 0.6) is 0 Å². The van der Waals surface area contributed by atoms with Crippen molar-refractivity contribution in [1.82, 2.24) is 15.3 Å². The van der Waals surface area contributed by atoms with Crippen molar-refractivity contribution in [2.24, 2.45) is 0 Å². The fraction of sp³-hybridized carbons (Fsp3) is 0.308. The molecule has 18 heavy (non-hydrogen) atoms. The van der Waals surface area contributed by atoms with Gasteiger partial charge in [0.2, 0.25) is 0 Å². The number of imidazole rings is 1. The van der Waals surface area contributed by atoms with Crippen molar-refractivity contribution in [2.45, 2.75) is 19.4 Å². The van der Waals surface area contributed by atoms with Gasteiger partial charge < -0.3 is 10.3 Å². The third kappa shape index (κ3) is 3.40. The van der Waals surface area contributed by atoms with Gasteiger partial charge in [0.1, 0.15) is 11.6 Å². The van der Waals surface area contributed by atoms with Crippen molar-refractivity contribution in [1.29, 1.82) is 0 Å². The van der Waals surface area contributed by atoms with Gasteiger partial charge in [-0.3, -0.25) is 0 Å². The van der Waals surface area contributed by atoms with E-state index >= 15 is 0 Å². The highest BCUT2D eigenvalue weighted by atomic mass is 79.9. The number of hydrogen-bond acceptors (Lipinski definition) is 2. The van der Waals surface area contributed by atoms with Crippen molar-refractivity contribution in [3.8, 4) is 0 Å². The molecule has 2 N–H and O–H groups in total. The molecule has 0 saturated heterocycles. The highest BCUT2D eigenvalue weighted by Crippen LogP contribution is 2.20. The monoisotopic (exact) mass is 311 g/mol. The van der Waals surface area contributed by atoms with Crippen LogP contribution in [0.3, 0.4) is 0 Å². The number of nitrogens with zero attached hydrogens (tertiary/aromatic N) is 1. The molecule has 1 atom stereocenters. The number of nitrogens with one attached hydrogen (secondary N) is 2. The summed E-state index contributed by atoms with van der Waals surface area (Å²) in [6.45, 7) is 2.87. The standard InChI is InChI=1S/C13H15BrFN3/c1-2-16-12(13-17-3-4-18-13)7-9-5-10(14)8-11(15)6-9/h3-6,8,12,16H,2,7H2,1H3,(H,17,18). The summed E-state index contributed by atoms with van der Waals surface area (Å²) in [6, 6.07) is 5.01. The number of benzene rings is 1. The quantitative estimate of drug-likeness (QED) is 0.890. The third-order valence-corrected chi connectivity index (χ3v) is 3.12. The fourth-order valence-corrected chi connectivity index (χ4v) is 2.46. The van der Waals surface area contributed by atoms with Crippen LogP contribution >= 0.6 is 15.9 Å². The molecule has 1 unspecified atom stereocenters. The van der Waals surface area contributed by atoms with Gasteiger partial charge >= 0.3 is 0 Å². The molecule has 0 bridgehead atoms. The summed E-state index contributed by atoms with van der Waals surface area (Å²) >= 11 is 3.31. The highest BCUT2D eigenvalue weighted by Gasteiger charge is 2.14. The Labute approximate surface area is 114 Å². The van der Waals surface area contributed by atoms with Gasteiger partial charge in [-0.15, -0.1) is 0 Å². The number of aromatic amines is 1. The van der Waals surface area contributed by atoms with E-state index in [-0.39, 0.29) is 11.9 Å². The molecule has 0 saturated carbocycles. The highest BCUT2D eigenvalue weighted by molar-refractivity contribution is 9.10. The van der Waals surface area contributed by atoms with E-state index in [2.05, 4.69) is 31.2 Å². The van der Waals surface area contributed by atoms with Crippen molar-refractivity contribution in [3.05, 3.63) is 52.3 Å². The van der Waals surface area contributed by atoms with Crippen LogP contribution in [0.2, 0.25) is 0 Å². The molecule has 3 nitrogen and oxygen atoms in total. The molecule has 0 aliphatic rings. The zero-order valence-electron chi connectivity index (χ0n) is 10.1. The molecule has 0 amide bonds. The molecule has 0 spiro atoms. The van der Waals surface area contributed by atoms with Crippen LogP contribution in [0.1, 0.15) is 24.4 Å². The van der Waals surface area contributed by atoms with Gasteiger partial charge in [-0.2, -0.15) is 0 Å². The Morgan fingerprint density at radius 3 is 2.89 bits per heavy atom. The zero-order chi connectivity index (χ0) is 13.0. The number of likely N-dealkylation sites (N-methyl/N-ethyl adjacent to an activating group) is 1. The van der Waals surface area contributed by atoms with Crippen molar-refractivity contribution in [3.63, 3.8) is 0 Å². The Morgan fingerprint density at radius 1 is 1.44 bits per heavy atom. The topological polar surface area (TPSA) is 40.7 Å². The minimum absolute atomic E-state index is 0.0682. The van der Waals surface area contributed by atoms with Crippen LogP contribution in [-0.4, -0.2) is 16.5 Å². The van der Waals surface area contributed by atoms with E-state index in [1.807, 2.05) is 13.0 Å². The molecule has 1 heterocycles. The van der Waals surface area contributed by atoms with E-state index in [1.54, 1.807) is 18.5 Å². The number of H-pyrrole nitrogens is 1. The first kappa shape index (κ1) is 13.2. The lowest BCUT2D eigenvalue weighted by Crippen LogP contribution is -2.24. The van der Waals surface area contributed by atoms with Crippen molar-refractivity contribution < 1.29 is 4.39 Å². The lowest BCUT2D eigenvalue weighted by Gasteiger charge is -2.15.